The molecule has 1 aliphatic rings. The lowest BCUT2D eigenvalue weighted by atomic mass is 10.0. The van der Waals surface area contributed by atoms with E-state index in [1.807, 2.05) is 11.8 Å². The number of rotatable bonds is 4. The van der Waals surface area contributed by atoms with Gasteiger partial charge in [0, 0.05) is 32.6 Å². The van der Waals surface area contributed by atoms with Crippen LogP contribution in [-0.2, 0) is 9.59 Å². The summed E-state index contributed by atoms with van der Waals surface area (Å²) in [6, 6.07) is 0.142. The SMILES string of the molecule is CCN(C[C@@H]1CCCCN1C(=O)CN)C(C)=O. The quantitative estimate of drug-likeness (QED) is 0.764. The second-order valence-corrected chi connectivity index (χ2v) is 4.50. The van der Waals surface area contributed by atoms with Gasteiger partial charge in [0.1, 0.15) is 0 Å². The molecule has 0 spiro atoms. The summed E-state index contributed by atoms with van der Waals surface area (Å²) in [6.07, 6.45) is 3.12. The predicted octanol–water partition coefficient (Wildman–Crippen LogP) is 0.195. The fourth-order valence-corrected chi connectivity index (χ4v) is 2.37. The van der Waals surface area contributed by atoms with E-state index in [0.717, 1.165) is 25.8 Å². The lowest BCUT2D eigenvalue weighted by molar-refractivity contribution is -0.137. The van der Waals surface area contributed by atoms with Crippen molar-refractivity contribution in [2.24, 2.45) is 5.73 Å². The molecule has 98 valence electrons. The van der Waals surface area contributed by atoms with E-state index in [2.05, 4.69) is 0 Å². The van der Waals surface area contributed by atoms with Crippen LogP contribution in [0.15, 0.2) is 0 Å². The third-order valence-corrected chi connectivity index (χ3v) is 3.38. The number of likely N-dealkylation sites (tertiary alicyclic amines) is 1. The molecule has 1 fully saturated rings. The minimum absolute atomic E-state index is 0.00527. The Balaban J connectivity index is 2.64. The van der Waals surface area contributed by atoms with E-state index in [1.54, 1.807) is 11.8 Å². The second-order valence-electron chi connectivity index (χ2n) is 4.50. The highest BCUT2D eigenvalue weighted by Gasteiger charge is 2.27. The Hall–Kier alpha value is -1.10. The van der Waals surface area contributed by atoms with Crippen molar-refractivity contribution >= 4 is 11.8 Å². The molecular formula is C12H23N3O2. The third kappa shape index (κ3) is 3.70. The minimum atomic E-state index is -0.00527. The third-order valence-electron chi connectivity index (χ3n) is 3.38. The molecule has 0 aromatic carbocycles. The minimum Gasteiger partial charge on any atom is -0.341 e. The van der Waals surface area contributed by atoms with Crippen molar-refractivity contribution in [3.05, 3.63) is 0 Å². The van der Waals surface area contributed by atoms with Crippen LogP contribution >= 0.6 is 0 Å². The van der Waals surface area contributed by atoms with Gasteiger partial charge < -0.3 is 15.5 Å². The summed E-state index contributed by atoms with van der Waals surface area (Å²) in [5.41, 5.74) is 5.42. The Labute approximate surface area is 103 Å². The zero-order valence-corrected chi connectivity index (χ0v) is 10.8. The molecule has 2 N–H and O–H groups in total. The molecule has 0 saturated carbocycles. The van der Waals surface area contributed by atoms with Crippen molar-refractivity contribution in [2.45, 2.75) is 39.2 Å². The zero-order chi connectivity index (χ0) is 12.8. The van der Waals surface area contributed by atoms with E-state index in [-0.39, 0.29) is 24.4 Å². The maximum absolute atomic E-state index is 11.7. The van der Waals surface area contributed by atoms with Crippen LogP contribution in [0.5, 0.6) is 0 Å². The van der Waals surface area contributed by atoms with Crippen LogP contribution in [0.2, 0.25) is 0 Å². The van der Waals surface area contributed by atoms with Gasteiger partial charge in [-0.15, -0.1) is 0 Å². The van der Waals surface area contributed by atoms with E-state index < -0.39 is 0 Å². The van der Waals surface area contributed by atoms with Gasteiger partial charge in [-0.3, -0.25) is 9.59 Å². The van der Waals surface area contributed by atoms with Crippen LogP contribution in [0.3, 0.4) is 0 Å². The second kappa shape index (κ2) is 6.59. The number of likely N-dealkylation sites (N-methyl/N-ethyl adjacent to an activating group) is 1. The smallest absolute Gasteiger partial charge is 0.236 e. The molecule has 1 aliphatic heterocycles. The lowest BCUT2D eigenvalue weighted by Gasteiger charge is -2.38. The van der Waals surface area contributed by atoms with Crippen LogP contribution in [0.1, 0.15) is 33.1 Å². The zero-order valence-electron chi connectivity index (χ0n) is 10.8. The van der Waals surface area contributed by atoms with Gasteiger partial charge in [-0.25, -0.2) is 0 Å². The van der Waals surface area contributed by atoms with Gasteiger partial charge in [0.25, 0.3) is 0 Å². The summed E-state index contributed by atoms with van der Waals surface area (Å²) < 4.78 is 0. The molecule has 1 atom stereocenters. The fraction of sp³-hybridized carbons (Fsp3) is 0.833. The molecule has 17 heavy (non-hydrogen) atoms. The molecule has 0 aliphatic carbocycles. The monoisotopic (exact) mass is 241 g/mol. The Morgan fingerprint density at radius 1 is 1.41 bits per heavy atom. The molecule has 1 rings (SSSR count). The molecule has 0 radical (unpaired) electrons. The van der Waals surface area contributed by atoms with Gasteiger partial charge in [0.15, 0.2) is 0 Å². The molecule has 5 heteroatoms. The summed E-state index contributed by atoms with van der Waals surface area (Å²) in [4.78, 5) is 26.7. The van der Waals surface area contributed by atoms with E-state index in [4.69, 9.17) is 5.73 Å². The first-order chi connectivity index (χ1) is 8.10. The average Bonchev–Trinajstić information content (AvgIpc) is 2.35. The number of nitrogens with two attached hydrogens (primary N) is 1. The van der Waals surface area contributed by atoms with Crippen LogP contribution in [0.4, 0.5) is 0 Å². The maximum Gasteiger partial charge on any atom is 0.236 e. The fourth-order valence-electron chi connectivity index (χ4n) is 2.37. The van der Waals surface area contributed by atoms with Crippen molar-refractivity contribution in [3.8, 4) is 0 Å². The maximum atomic E-state index is 11.7. The number of amides is 2. The van der Waals surface area contributed by atoms with Crippen molar-refractivity contribution in [1.82, 2.24) is 9.80 Å². The van der Waals surface area contributed by atoms with Gasteiger partial charge in [0.2, 0.25) is 11.8 Å². The number of piperidine rings is 1. The number of hydrogen-bond acceptors (Lipinski definition) is 3. The molecule has 5 nitrogen and oxygen atoms in total. The van der Waals surface area contributed by atoms with Crippen LogP contribution in [0, 0.1) is 0 Å². The Bertz CT molecular complexity index is 281. The van der Waals surface area contributed by atoms with Crippen LogP contribution < -0.4 is 5.73 Å². The highest BCUT2D eigenvalue weighted by Crippen LogP contribution is 2.18. The van der Waals surface area contributed by atoms with Gasteiger partial charge in [-0.1, -0.05) is 0 Å². The summed E-state index contributed by atoms with van der Waals surface area (Å²) in [7, 11) is 0. The van der Waals surface area contributed by atoms with E-state index >= 15 is 0 Å². The molecular weight excluding hydrogens is 218 g/mol. The topological polar surface area (TPSA) is 66.6 Å². The molecule has 1 heterocycles. The van der Waals surface area contributed by atoms with Crippen LogP contribution in [0.25, 0.3) is 0 Å². The standard InChI is InChI=1S/C12H23N3O2/c1-3-14(10(2)16)9-11-6-4-5-7-15(11)12(17)8-13/h11H,3-9,13H2,1-2H3/t11-/m0/s1. The molecule has 0 aromatic rings. The van der Waals surface area contributed by atoms with Gasteiger partial charge >= 0.3 is 0 Å². The molecule has 0 bridgehead atoms. The summed E-state index contributed by atoms with van der Waals surface area (Å²) in [6.45, 7) is 5.69. The first-order valence-corrected chi connectivity index (χ1v) is 6.35. The summed E-state index contributed by atoms with van der Waals surface area (Å²) >= 11 is 0. The number of carbonyl (C=O) groups is 2. The highest BCUT2D eigenvalue weighted by atomic mass is 16.2. The first kappa shape index (κ1) is 14.0. The first-order valence-electron chi connectivity index (χ1n) is 6.35. The predicted molar refractivity (Wildman–Crippen MR) is 66.3 cm³/mol. The Kier molecular flexibility index (Phi) is 5.41. The van der Waals surface area contributed by atoms with Crippen molar-refractivity contribution in [3.63, 3.8) is 0 Å². The van der Waals surface area contributed by atoms with Crippen molar-refractivity contribution < 1.29 is 9.59 Å². The lowest BCUT2D eigenvalue weighted by Crippen LogP contribution is -2.51. The van der Waals surface area contributed by atoms with Crippen molar-refractivity contribution in [1.29, 1.82) is 0 Å². The number of carbonyl (C=O) groups excluding carboxylic acids is 2. The van der Waals surface area contributed by atoms with Crippen molar-refractivity contribution in [2.75, 3.05) is 26.2 Å². The van der Waals surface area contributed by atoms with E-state index in [9.17, 15) is 9.59 Å². The number of hydrogen-bond donors (Lipinski definition) is 1. The van der Waals surface area contributed by atoms with E-state index in [0.29, 0.717) is 13.1 Å². The summed E-state index contributed by atoms with van der Waals surface area (Å²) in [5.74, 6) is 0.0625. The van der Waals surface area contributed by atoms with Crippen LogP contribution in [-0.4, -0.2) is 53.8 Å². The Morgan fingerprint density at radius 2 is 2.12 bits per heavy atom. The molecule has 0 aromatic heterocycles. The highest BCUT2D eigenvalue weighted by molar-refractivity contribution is 5.78. The largest absolute Gasteiger partial charge is 0.341 e. The molecule has 0 unspecified atom stereocenters. The summed E-state index contributed by atoms with van der Waals surface area (Å²) in [5, 5.41) is 0. The van der Waals surface area contributed by atoms with Gasteiger partial charge in [-0.05, 0) is 26.2 Å². The number of nitrogens with zero attached hydrogens (tertiary/aromatic N) is 2. The Morgan fingerprint density at radius 3 is 2.65 bits per heavy atom. The average molecular weight is 241 g/mol. The normalized spacial score (nSPS) is 20.2. The van der Waals surface area contributed by atoms with E-state index in [1.165, 1.54) is 0 Å². The van der Waals surface area contributed by atoms with Gasteiger partial charge in [0.05, 0.1) is 6.54 Å². The molecule has 1 saturated heterocycles. The van der Waals surface area contributed by atoms with Gasteiger partial charge in [-0.2, -0.15) is 0 Å². The molecule has 2 amide bonds.